The van der Waals surface area contributed by atoms with Crippen molar-refractivity contribution in [3.63, 3.8) is 0 Å². The summed E-state index contributed by atoms with van der Waals surface area (Å²) < 4.78 is 15.5. The Morgan fingerprint density at radius 2 is 2.00 bits per heavy atom. The van der Waals surface area contributed by atoms with Gasteiger partial charge in [0.1, 0.15) is 5.82 Å². The lowest BCUT2D eigenvalue weighted by Crippen LogP contribution is -2.20. The number of benzene rings is 1. The standard InChI is InChI=1S/C23H25FN4/c1-16(2)14-26-15-20-4-3-5-21-22(17-10-12-25-13-11-17)23(27-28(20)21)18-6-8-19(24)9-7-18/h3-10,12-13,16-17,26H,11,14-15H2,1-2H3. The molecule has 0 aliphatic carbocycles. The summed E-state index contributed by atoms with van der Waals surface area (Å²) in [6.45, 7) is 6.10. The number of aromatic nitrogens is 2. The van der Waals surface area contributed by atoms with Crippen molar-refractivity contribution in [2.75, 3.05) is 6.54 Å². The number of nitrogens with one attached hydrogen (secondary N) is 1. The number of pyridine rings is 1. The van der Waals surface area contributed by atoms with Crippen LogP contribution >= 0.6 is 0 Å². The molecule has 0 fully saturated rings. The molecule has 1 unspecified atom stereocenters. The Morgan fingerprint density at radius 1 is 1.18 bits per heavy atom. The van der Waals surface area contributed by atoms with Crippen molar-refractivity contribution < 1.29 is 4.39 Å². The van der Waals surface area contributed by atoms with Crippen molar-refractivity contribution >= 4 is 11.7 Å². The van der Waals surface area contributed by atoms with Crippen LogP contribution < -0.4 is 5.32 Å². The third kappa shape index (κ3) is 3.76. The molecule has 3 heterocycles. The first-order valence-corrected chi connectivity index (χ1v) is 9.79. The Bertz CT molecular complexity index is 1020. The van der Waals surface area contributed by atoms with Gasteiger partial charge in [0.2, 0.25) is 0 Å². The summed E-state index contributed by atoms with van der Waals surface area (Å²) in [5.41, 5.74) is 5.20. The number of nitrogens with zero attached hydrogens (tertiary/aromatic N) is 3. The molecule has 1 atom stereocenters. The number of allylic oxidation sites excluding steroid dienone is 1. The van der Waals surface area contributed by atoms with Crippen LogP contribution in [0.2, 0.25) is 0 Å². The van der Waals surface area contributed by atoms with Crippen molar-refractivity contribution in [3.8, 4) is 11.3 Å². The Balaban J connectivity index is 1.82. The Labute approximate surface area is 164 Å². The minimum Gasteiger partial charge on any atom is -0.311 e. The Morgan fingerprint density at radius 3 is 2.71 bits per heavy atom. The number of rotatable bonds is 6. The van der Waals surface area contributed by atoms with E-state index < -0.39 is 0 Å². The van der Waals surface area contributed by atoms with Crippen molar-refractivity contribution in [1.82, 2.24) is 14.9 Å². The van der Waals surface area contributed by atoms with Crippen LogP contribution in [0.1, 0.15) is 37.4 Å². The van der Waals surface area contributed by atoms with Gasteiger partial charge in [-0.25, -0.2) is 8.91 Å². The molecule has 3 aromatic rings. The van der Waals surface area contributed by atoms with E-state index in [0.717, 1.165) is 42.0 Å². The fraction of sp³-hybridized carbons (Fsp3) is 0.304. The molecule has 0 bridgehead atoms. The van der Waals surface area contributed by atoms with Crippen molar-refractivity contribution in [1.29, 1.82) is 0 Å². The second-order valence-corrected chi connectivity index (χ2v) is 7.62. The van der Waals surface area contributed by atoms with E-state index in [1.165, 1.54) is 17.7 Å². The van der Waals surface area contributed by atoms with Gasteiger partial charge in [-0.1, -0.05) is 26.0 Å². The average Bonchev–Trinajstić information content (AvgIpc) is 3.09. The number of hydrogen-bond donors (Lipinski definition) is 1. The summed E-state index contributed by atoms with van der Waals surface area (Å²) in [7, 11) is 0. The average molecular weight is 376 g/mol. The summed E-state index contributed by atoms with van der Waals surface area (Å²) in [6, 6.07) is 12.9. The molecule has 0 radical (unpaired) electrons. The molecule has 1 N–H and O–H groups in total. The van der Waals surface area contributed by atoms with E-state index in [2.05, 4.69) is 48.4 Å². The highest BCUT2D eigenvalue weighted by molar-refractivity contribution is 5.76. The SMILES string of the molecule is CC(C)CNCc1cccc2c(C3C=CN=CC3)c(-c3ccc(F)cc3)nn12. The quantitative estimate of drug-likeness (QED) is 0.661. The third-order valence-corrected chi connectivity index (χ3v) is 4.99. The van der Waals surface area contributed by atoms with Gasteiger partial charge in [0.15, 0.2) is 0 Å². The van der Waals surface area contributed by atoms with Crippen molar-refractivity contribution in [2.45, 2.75) is 32.7 Å². The second-order valence-electron chi connectivity index (χ2n) is 7.62. The zero-order chi connectivity index (χ0) is 19.5. The minimum absolute atomic E-state index is 0.203. The van der Waals surface area contributed by atoms with Gasteiger partial charge in [0, 0.05) is 36.0 Å². The molecule has 2 aromatic heterocycles. The Kier molecular flexibility index (Phi) is 5.35. The van der Waals surface area contributed by atoms with Crippen LogP contribution in [0.3, 0.4) is 0 Å². The second kappa shape index (κ2) is 8.07. The molecule has 1 aliphatic heterocycles. The molecule has 0 saturated heterocycles. The summed E-state index contributed by atoms with van der Waals surface area (Å²) in [5, 5.41) is 8.46. The fourth-order valence-corrected chi connectivity index (χ4v) is 3.63. The van der Waals surface area contributed by atoms with Crippen molar-refractivity contribution in [3.05, 3.63) is 71.8 Å². The zero-order valence-electron chi connectivity index (χ0n) is 16.3. The topological polar surface area (TPSA) is 41.7 Å². The van der Waals surface area contributed by atoms with Gasteiger partial charge in [-0.2, -0.15) is 5.10 Å². The van der Waals surface area contributed by atoms with Gasteiger partial charge in [0.25, 0.3) is 0 Å². The van der Waals surface area contributed by atoms with Crippen LogP contribution in [0.5, 0.6) is 0 Å². The van der Waals surface area contributed by atoms with Crippen LogP contribution in [0.4, 0.5) is 4.39 Å². The van der Waals surface area contributed by atoms with Crippen molar-refractivity contribution in [2.24, 2.45) is 10.9 Å². The maximum Gasteiger partial charge on any atom is 0.123 e. The molecule has 5 heteroatoms. The molecule has 144 valence electrons. The molecule has 28 heavy (non-hydrogen) atoms. The van der Waals surface area contributed by atoms with Crippen LogP contribution in [0.15, 0.2) is 59.7 Å². The molecular weight excluding hydrogens is 351 g/mol. The van der Waals surface area contributed by atoms with Gasteiger partial charge >= 0.3 is 0 Å². The lowest BCUT2D eigenvalue weighted by atomic mass is 9.91. The minimum atomic E-state index is -0.239. The molecule has 0 amide bonds. The molecule has 0 saturated carbocycles. The van der Waals surface area contributed by atoms with Gasteiger partial charge < -0.3 is 5.32 Å². The van der Waals surface area contributed by atoms with Gasteiger partial charge in [0.05, 0.1) is 16.9 Å². The normalized spacial score (nSPS) is 16.4. The van der Waals surface area contributed by atoms with Crippen LogP contribution in [0.25, 0.3) is 16.8 Å². The molecule has 4 nitrogen and oxygen atoms in total. The predicted octanol–water partition coefficient (Wildman–Crippen LogP) is 4.96. The van der Waals surface area contributed by atoms with Crippen LogP contribution in [0, 0.1) is 11.7 Å². The maximum atomic E-state index is 13.5. The van der Waals surface area contributed by atoms with E-state index in [-0.39, 0.29) is 11.7 Å². The third-order valence-electron chi connectivity index (χ3n) is 4.99. The number of hydrogen-bond acceptors (Lipinski definition) is 3. The molecule has 1 aliphatic rings. The number of fused-ring (bicyclic) bond motifs is 1. The first-order chi connectivity index (χ1) is 13.6. The monoisotopic (exact) mass is 376 g/mol. The van der Waals surface area contributed by atoms with Gasteiger partial charge in [-0.15, -0.1) is 0 Å². The zero-order valence-corrected chi connectivity index (χ0v) is 16.3. The molecule has 4 rings (SSSR count). The smallest absolute Gasteiger partial charge is 0.123 e. The number of aliphatic imine (C=N–C) groups is 1. The lowest BCUT2D eigenvalue weighted by molar-refractivity contribution is 0.544. The van der Waals surface area contributed by atoms with E-state index in [1.54, 1.807) is 12.1 Å². The highest BCUT2D eigenvalue weighted by atomic mass is 19.1. The van der Waals surface area contributed by atoms with E-state index in [1.807, 2.05) is 16.9 Å². The summed E-state index contributed by atoms with van der Waals surface area (Å²) >= 11 is 0. The van der Waals surface area contributed by atoms with E-state index in [4.69, 9.17) is 5.10 Å². The maximum absolute atomic E-state index is 13.5. The lowest BCUT2D eigenvalue weighted by Gasteiger charge is -2.14. The first-order valence-electron chi connectivity index (χ1n) is 9.79. The number of halogens is 1. The van der Waals surface area contributed by atoms with E-state index >= 15 is 0 Å². The highest BCUT2D eigenvalue weighted by Gasteiger charge is 2.22. The molecule has 0 spiro atoms. The molecular formula is C23H25FN4. The predicted molar refractivity (Wildman–Crippen MR) is 112 cm³/mol. The highest BCUT2D eigenvalue weighted by Crippen LogP contribution is 2.36. The van der Waals surface area contributed by atoms with Gasteiger partial charge in [-0.05, 0) is 55.3 Å². The summed E-state index contributed by atoms with van der Waals surface area (Å²) in [4.78, 5) is 4.21. The Hall–Kier alpha value is -2.79. The largest absolute Gasteiger partial charge is 0.311 e. The van der Waals surface area contributed by atoms with E-state index in [0.29, 0.717) is 5.92 Å². The molecule has 1 aromatic carbocycles. The first kappa shape index (κ1) is 18.6. The van der Waals surface area contributed by atoms with E-state index in [9.17, 15) is 4.39 Å². The van der Waals surface area contributed by atoms with Gasteiger partial charge in [-0.3, -0.25) is 4.99 Å². The fourth-order valence-electron chi connectivity index (χ4n) is 3.63. The van der Waals surface area contributed by atoms with Crippen LogP contribution in [-0.4, -0.2) is 22.4 Å². The van der Waals surface area contributed by atoms with Crippen LogP contribution in [-0.2, 0) is 6.54 Å². The summed E-state index contributed by atoms with van der Waals surface area (Å²) in [5.74, 6) is 0.556. The summed E-state index contributed by atoms with van der Waals surface area (Å²) in [6.07, 6.45) is 6.74.